The van der Waals surface area contributed by atoms with E-state index in [2.05, 4.69) is 15.3 Å². The molecule has 1 amide bonds. The SMILES string of the molecule is COc1cc2[nH]c3c(=O)n(CCC(=O)NC4CCCCCC4)cnc3c2cc1OC. The third kappa shape index (κ3) is 3.99. The molecule has 8 nitrogen and oxygen atoms in total. The lowest BCUT2D eigenvalue weighted by Gasteiger charge is -2.16. The molecule has 2 heterocycles. The Kier molecular flexibility index (Phi) is 5.92. The number of nitrogens with zero attached hydrogens (tertiary/aromatic N) is 2. The summed E-state index contributed by atoms with van der Waals surface area (Å²) in [5.41, 5.74) is 1.54. The number of aryl methyl sites for hydroxylation is 1. The predicted octanol–water partition coefficient (Wildman–Crippen LogP) is 3.12. The number of amides is 1. The molecule has 3 aromatic rings. The van der Waals surface area contributed by atoms with E-state index in [0.717, 1.165) is 23.7 Å². The van der Waals surface area contributed by atoms with E-state index >= 15 is 0 Å². The highest BCUT2D eigenvalue weighted by atomic mass is 16.5. The molecule has 2 N–H and O–H groups in total. The van der Waals surface area contributed by atoms with E-state index in [1.54, 1.807) is 20.3 Å². The van der Waals surface area contributed by atoms with Gasteiger partial charge in [-0.1, -0.05) is 25.7 Å². The van der Waals surface area contributed by atoms with Crippen molar-refractivity contribution >= 4 is 27.8 Å². The first-order chi connectivity index (χ1) is 14.6. The van der Waals surface area contributed by atoms with Crippen molar-refractivity contribution in [2.45, 2.75) is 57.5 Å². The van der Waals surface area contributed by atoms with Crippen LogP contribution in [-0.2, 0) is 11.3 Å². The number of aromatic amines is 1. The minimum Gasteiger partial charge on any atom is -0.493 e. The number of hydrogen-bond donors (Lipinski definition) is 2. The molecule has 0 saturated heterocycles. The highest BCUT2D eigenvalue weighted by Crippen LogP contribution is 2.34. The van der Waals surface area contributed by atoms with Gasteiger partial charge in [-0.3, -0.25) is 14.2 Å². The van der Waals surface area contributed by atoms with Crippen LogP contribution in [0, 0.1) is 0 Å². The summed E-state index contributed by atoms with van der Waals surface area (Å²) in [6.45, 7) is 0.294. The van der Waals surface area contributed by atoms with Crippen LogP contribution in [0.4, 0.5) is 0 Å². The molecule has 160 valence electrons. The maximum Gasteiger partial charge on any atom is 0.277 e. The number of aromatic nitrogens is 3. The summed E-state index contributed by atoms with van der Waals surface area (Å²) < 4.78 is 12.2. The largest absolute Gasteiger partial charge is 0.493 e. The fraction of sp³-hybridized carbons (Fsp3) is 0.500. The average molecular weight is 412 g/mol. The normalized spacial score (nSPS) is 15.3. The van der Waals surface area contributed by atoms with Crippen molar-refractivity contribution < 1.29 is 14.3 Å². The summed E-state index contributed by atoms with van der Waals surface area (Å²) in [6.07, 6.45) is 8.68. The first-order valence-corrected chi connectivity index (χ1v) is 10.5. The van der Waals surface area contributed by atoms with Crippen LogP contribution < -0.4 is 20.3 Å². The van der Waals surface area contributed by atoms with Gasteiger partial charge in [-0.15, -0.1) is 0 Å². The van der Waals surface area contributed by atoms with Gasteiger partial charge in [0.2, 0.25) is 5.91 Å². The van der Waals surface area contributed by atoms with Gasteiger partial charge in [-0.05, 0) is 18.9 Å². The Morgan fingerprint density at radius 1 is 1.17 bits per heavy atom. The fourth-order valence-electron chi connectivity index (χ4n) is 4.22. The van der Waals surface area contributed by atoms with Gasteiger partial charge in [0, 0.05) is 30.5 Å². The average Bonchev–Trinajstić information content (AvgIpc) is 2.92. The monoisotopic (exact) mass is 412 g/mol. The molecule has 0 atom stereocenters. The number of rotatable bonds is 6. The fourth-order valence-corrected chi connectivity index (χ4v) is 4.22. The second-order valence-corrected chi connectivity index (χ2v) is 7.85. The quantitative estimate of drug-likeness (QED) is 0.606. The first kappa shape index (κ1) is 20.3. The lowest BCUT2D eigenvalue weighted by atomic mass is 10.1. The van der Waals surface area contributed by atoms with Crippen LogP contribution in [0.25, 0.3) is 21.9 Å². The molecule has 2 aromatic heterocycles. The van der Waals surface area contributed by atoms with Crippen molar-refractivity contribution in [3.8, 4) is 11.5 Å². The van der Waals surface area contributed by atoms with Crippen molar-refractivity contribution in [2.75, 3.05) is 14.2 Å². The first-order valence-electron chi connectivity index (χ1n) is 10.5. The van der Waals surface area contributed by atoms with E-state index in [9.17, 15) is 9.59 Å². The summed E-state index contributed by atoms with van der Waals surface area (Å²) in [6, 6.07) is 3.86. The minimum atomic E-state index is -0.198. The zero-order valence-electron chi connectivity index (χ0n) is 17.5. The highest BCUT2D eigenvalue weighted by molar-refractivity contribution is 6.05. The third-order valence-corrected chi connectivity index (χ3v) is 5.88. The third-order valence-electron chi connectivity index (χ3n) is 5.88. The molecule has 0 aliphatic heterocycles. The molecule has 30 heavy (non-hydrogen) atoms. The lowest BCUT2D eigenvalue weighted by molar-refractivity contribution is -0.122. The Hall–Kier alpha value is -3.03. The Balaban J connectivity index is 1.53. The van der Waals surface area contributed by atoms with Crippen molar-refractivity contribution in [2.24, 2.45) is 0 Å². The van der Waals surface area contributed by atoms with Crippen molar-refractivity contribution in [1.29, 1.82) is 0 Å². The Morgan fingerprint density at radius 3 is 2.57 bits per heavy atom. The van der Waals surface area contributed by atoms with Crippen LogP contribution in [0.15, 0.2) is 23.3 Å². The standard InChI is InChI=1S/C22H28N4O4/c1-29-17-11-15-16(12-18(17)30-2)25-21-20(15)23-13-26(22(21)28)10-9-19(27)24-14-7-5-3-4-6-8-14/h11-14,25H,3-10H2,1-2H3,(H,24,27). The van der Waals surface area contributed by atoms with E-state index in [-0.39, 0.29) is 23.9 Å². The van der Waals surface area contributed by atoms with E-state index < -0.39 is 0 Å². The molecule has 0 spiro atoms. The number of ether oxygens (including phenoxy) is 2. The summed E-state index contributed by atoms with van der Waals surface area (Å²) in [7, 11) is 3.14. The molecule has 0 radical (unpaired) electrons. The van der Waals surface area contributed by atoms with Gasteiger partial charge < -0.3 is 19.8 Å². The van der Waals surface area contributed by atoms with E-state index in [0.29, 0.717) is 29.1 Å². The summed E-state index contributed by atoms with van der Waals surface area (Å²) in [4.78, 5) is 32.9. The van der Waals surface area contributed by atoms with E-state index in [1.807, 2.05) is 6.07 Å². The van der Waals surface area contributed by atoms with Gasteiger partial charge in [0.05, 0.1) is 26.1 Å². The minimum absolute atomic E-state index is 0.0139. The molecule has 0 unspecified atom stereocenters. The zero-order chi connectivity index (χ0) is 21.1. The summed E-state index contributed by atoms with van der Waals surface area (Å²) in [5.74, 6) is 1.14. The van der Waals surface area contributed by atoms with Crippen LogP contribution in [0.5, 0.6) is 11.5 Å². The smallest absolute Gasteiger partial charge is 0.277 e. The maximum atomic E-state index is 13.0. The zero-order valence-corrected chi connectivity index (χ0v) is 17.5. The van der Waals surface area contributed by atoms with Crippen molar-refractivity contribution in [3.63, 3.8) is 0 Å². The Bertz CT molecular complexity index is 1110. The number of carbonyl (C=O) groups excluding carboxylic acids is 1. The number of benzene rings is 1. The van der Waals surface area contributed by atoms with Gasteiger partial charge in [0.25, 0.3) is 5.56 Å². The van der Waals surface area contributed by atoms with E-state index in [4.69, 9.17) is 9.47 Å². The predicted molar refractivity (Wildman–Crippen MR) is 115 cm³/mol. The summed E-state index contributed by atoms with van der Waals surface area (Å²) in [5, 5.41) is 3.91. The van der Waals surface area contributed by atoms with Crippen LogP contribution >= 0.6 is 0 Å². The molecule has 4 rings (SSSR count). The van der Waals surface area contributed by atoms with Gasteiger partial charge in [0.1, 0.15) is 11.0 Å². The molecule has 1 aromatic carbocycles. The molecular formula is C22H28N4O4. The topological polar surface area (TPSA) is 98.2 Å². The molecule has 1 aliphatic rings. The molecule has 1 saturated carbocycles. The molecule has 0 bridgehead atoms. The maximum absolute atomic E-state index is 13.0. The van der Waals surface area contributed by atoms with Crippen LogP contribution in [0.3, 0.4) is 0 Å². The Labute approximate surface area is 174 Å². The number of H-pyrrole nitrogens is 1. The Morgan fingerprint density at radius 2 is 1.87 bits per heavy atom. The van der Waals surface area contributed by atoms with Crippen molar-refractivity contribution in [3.05, 3.63) is 28.8 Å². The van der Waals surface area contributed by atoms with Crippen LogP contribution in [-0.4, -0.2) is 40.7 Å². The van der Waals surface area contributed by atoms with Crippen molar-refractivity contribution in [1.82, 2.24) is 19.9 Å². The second-order valence-electron chi connectivity index (χ2n) is 7.85. The van der Waals surface area contributed by atoms with E-state index in [1.165, 1.54) is 36.6 Å². The van der Waals surface area contributed by atoms with Gasteiger partial charge in [0.15, 0.2) is 11.5 Å². The molecule has 8 heteroatoms. The molecule has 1 fully saturated rings. The number of methoxy groups -OCH3 is 2. The number of carbonyl (C=O) groups is 1. The van der Waals surface area contributed by atoms with Crippen LogP contribution in [0.2, 0.25) is 0 Å². The molecule has 1 aliphatic carbocycles. The summed E-state index contributed by atoms with van der Waals surface area (Å²) >= 11 is 0. The van der Waals surface area contributed by atoms with Gasteiger partial charge in [-0.25, -0.2) is 4.98 Å². The van der Waals surface area contributed by atoms with Gasteiger partial charge >= 0.3 is 0 Å². The molecular weight excluding hydrogens is 384 g/mol. The second kappa shape index (κ2) is 8.77. The van der Waals surface area contributed by atoms with Crippen LogP contribution in [0.1, 0.15) is 44.9 Å². The number of nitrogens with one attached hydrogen (secondary N) is 2. The number of hydrogen-bond acceptors (Lipinski definition) is 5. The highest BCUT2D eigenvalue weighted by Gasteiger charge is 2.17. The van der Waals surface area contributed by atoms with Gasteiger partial charge in [-0.2, -0.15) is 0 Å². The lowest BCUT2D eigenvalue weighted by Crippen LogP contribution is -2.35. The number of fused-ring (bicyclic) bond motifs is 3.